The average molecular weight is 355 g/mol. The summed E-state index contributed by atoms with van der Waals surface area (Å²) in [4.78, 5) is 19.1. The summed E-state index contributed by atoms with van der Waals surface area (Å²) in [5.41, 5.74) is 1.05. The van der Waals surface area contributed by atoms with E-state index in [4.69, 9.17) is 15.3 Å². The molecule has 1 atom stereocenters. The fourth-order valence-electron chi connectivity index (χ4n) is 1.60. The molecule has 0 heterocycles. The number of benzene rings is 1. The topological polar surface area (TPSA) is 147 Å². The van der Waals surface area contributed by atoms with E-state index in [1.165, 1.54) is 6.07 Å². The highest BCUT2D eigenvalue weighted by Crippen LogP contribution is 2.22. The minimum atomic E-state index is -1.26. The van der Waals surface area contributed by atoms with Crippen molar-refractivity contribution < 1.29 is 35.1 Å². The van der Waals surface area contributed by atoms with Gasteiger partial charge in [-0.1, -0.05) is 6.07 Å². The van der Waals surface area contributed by atoms with Crippen LogP contribution in [-0.4, -0.2) is 49.6 Å². The van der Waals surface area contributed by atoms with Gasteiger partial charge in [0.25, 0.3) is 0 Å². The first-order valence-corrected chi connectivity index (χ1v) is 7.46. The van der Waals surface area contributed by atoms with Crippen molar-refractivity contribution in [1.29, 1.82) is 0 Å². The molecule has 0 spiro atoms. The fourth-order valence-corrected chi connectivity index (χ4v) is 1.60. The van der Waals surface area contributed by atoms with Gasteiger partial charge >= 0.3 is 11.9 Å². The van der Waals surface area contributed by atoms with Gasteiger partial charge in [0.2, 0.25) is 0 Å². The largest absolute Gasteiger partial charge is 0.508 e. The van der Waals surface area contributed by atoms with E-state index in [9.17, 15) is 19.8 Å². The number of aliphatic hydroxyl groups excluding tert-OH is 2. The molecule has 1 rings (SSSR count). The Balaban J connectivity index is 0.000000609. The van der Waals surface area contributed by atoms with Gasteiger partial charge in [0.1, 0.15) is 5.75 Å². The Morgan fingerprint density at radius 3 is 2.08 bits per heavy atom. The Morgan fingerprint density at radius 2 is 1.68 bits per heavy atom. The van der Waals surface area contributed by atoms with Crippen LogP contribution in [0.1, 0.15) is 38.0 Å². The van der Waals surface area contributed by atoms with Crippen LogP contribution in [0.2, 0.25) is 0 Å². The highest BCUT2D eigenvalue weighted by molar-refractivity contribution is 5.89. The number of phenols is 1. The summed E-state index contributed by atoms with van der Waals surface area (Å²) in [6.45, 7) is 6.26. The number of hydrogen-bond acceptors (Lipinski definition) is 6. The molecule has 0 aliphatic carbocycles. The van der Waals surface area contributed by atoms with Crippen molar-refractivity contribution in [2.75, 3.05) is 6.54 Å². The number of nitrogens with one attached hydrogen (secondary N) is 1. The van der Waals surface area contributed by atoms with Crippen LogP contribution in [0.5, 0.6) is 5.75 Å². The SMILES string of the molecule is CC(C)(C)NCC(O)c1ccc(O)c(CO)c1.O=C(O)/C=C\C(=O)O. The van der Waals surface area contributed by atoms with Gasteiger partial charge in [0, 0.05) is 29.8 Å². The van der Waals surface area contributed by atoms with Crippen LogP contribution in [0.3, 0.4) is 0 Å². The van der Waals surface area contributed by atoms with Crippen molar-refractivity contribution in [1.82, 2.24) is 5.32 Å². The number of carboxylic acid groups (broad SMARTS) is 2. The van der Waals surface area contributed by atoms with Gasteiger partial charge in [0.15, 0.2) is 0 Å². The molecule has 0 bridgehead atoms. The number of hydrogen-bond donors (Lipinski definition) is 6. The van der Waals surface area contributed by atoms with Crippen LogP contribution in [-0.2, 0) is 16.2 Å². The second-order valence-electron chi connectivity index (χ2n) is 6.20. The lowest BCUT2D eigenvalue weighted by atomic mass is 10.0. The van der Waals surface area contributed by atoms with E-state index in [1.54, 1.807) is 12.1 Å². The van der Waals surface area contributed by atoms with E-state index in [1.807, 2.05) is 20.8 Å². The van der Waals surface area contributed by atoms with Gasteiger partial charge in [0.05, 0.1) is 12.7 Å². The third kappa shape index (κ3) is 10.9. The molecule has 0 saturated heterocycles. The van der Waals surface area contributed by atoms with Crippen molar-refractivity contribution >= 4 is 11.9 Å². The number of aliphatic hydroxyl groups is 2. The van der Waals surface area contributed by atoms with E-state index in [0.29, 0.717) is 29.8 Å². The minimum Gasteiger partial charge on any atom is -0.508 e. The lowest BCUT2D eigenvalue weighted by molar-refractivity contribution is -0.134. The Morgan fingerprint density at radius 1 is 1.16 bits per heavy atom. The molecular weight excluding hydrogens is 330 g/mol. The number of aromatic hydroxyl groups is 1. The van der Waals surface area contributed by atoms with Crippen LogP contribution in [0.4, 0.5) is 0 Å². The van der Waals surface area contributed by atoms with E-state index in [-0.39, 0.29) is 17.9 Å². The van der Waals surface area contributed by atoms with Crippen molar-refractivity contribution in [3.8, 4) is 5.75 Å². The van der Waals surface area contributed by atoms with Crippen molar-refractivity contribution in [3.05, 3.63) is 41.5 Å². The Kier molecular flexibility index (Phi) is 9.43. The summed E-state index contributed by atoms with van der Waals surface area (Å²) in [6.07, 6.45) is 0.463. The molecule has 1 aromatic carbocycles. The maximum Gasteiger partial charge on any atom is 0.328 e. The molecule has 0 aromatic heterocycles. The van der Waals surface area contributed by atoms with Crippen LogP contribution < -0.4 is 5.32 Å². The Labute approximate surface area is 146 Å². The first kappa shape index (κ1) is 22.6. The molecule has 8 nitrogen and oxygen atoms in total. The van der Waals surface area contributed by atoms with Gasteiger partial charge in [-0.15, -0.1) is 0 Å². The molecule has 0 aliphatic heterocycles. The van der Waals surface area contributed by atoms with Crippen LogP contribution in [0.15, 0.2) is 30.4 Å². The van der Waals surface area contributed by atoms with Gasteiger partial charge in [-0.25, -0.2) is 9.59 Å². The third-order valence-corrected chi connectivity index (χ3v) is 2.85. The van der Waals surface area contributed by atoms with Crippen molar-refractivity contribution in [2.24, 2.45) is 0 Å². The number of carbonyl (C=O) groups is 2. The quantitative estimate of drug-likeness (QED) is 0.414. The molecule has 0 aliphatic rings. The van der Waals surface area contributed by atoms with Gasteiger partial charge in [-0.3, -0.25) is 0 Å². The molecule has 6 N–H and O–H groups in total. The lowest BCUT2D eigenvalue weighted by Gasteiger charge is -2.23. The zero-order valence-electron chi connectivity index (χ0n) is 14.4. The lowest BCUT2D eigenvalue weighted by Crippen LogP contribution is -2.38. The summed E-state index contributed by atoms with van der Waals surface area (Å²) in [5.74, 6) is -2.47. The first-order chi connectivity index (χ1) is 11.5. The first-order valence-electron chi connectivity index (χ1n) is 7.46. The second-order valence-corrected chi connectivity index (χ2v) is 6.20. The minimum absolute atomic E-state index is 0.0484. The maximum atomic E-state index is 9.97. The number of rotatable bonds is 6. The summed E-state index contributed by atoms with van der Waals surface area (Å²) < 4.78 is 0. The standard InChI is InChI=1S/C13H21NO3.C4H4O4/c1-13(2,3)14-7-12(17)9-4-5-11(16)10(6-9)8-15;5-3(6)1-2-4(7)8/h4-6,12,14-17H,7-8H2,1-3H3;1-2H,(H,5,6)(H,7,8)/b;2-1-. The van der Waals surface area contributed by atoms with Crippen molar-refractivity contribution in [3.63, 3.8) is 0 Å². The predicted octanol–water partition coefficient (Wildman–Crippen LogP) is 1.02. The van der Waals surface area contributed by atoms with Gasteiger partial charge < -0.3 is 30.8 Å². The Hall–Kier alpha value is -2.42. The molecule has 140 valence electrons. The molecule has 0 fully saturated rings. The van der Waals surface area contributed by atoms with E-state index < -0.39 is 18.0 Å². The normalized spacial score (nSPS) is 12.4. The fraction of sp³-hybridized carbons (Fsp3) is 0.412. The molecule has 1 unspecified atom stereocenters. The summed E-state index contributed by atoms with van der Waals surface area (Å²) in [7, 11) is 0. The van der Waals surface area contributed by atoms with Gasteiger partial charge in [-0.2, -0.15) is 0 Å². The number of aliphatic carboxylic acids is 2. The summed E-state index contributed by atoms with van der Waals surface area (Å²) in [6, 6.07) is 4.76. The number of β-amino-alcohol motifs (C(OH)–C–C–N with tert-alkyl or cyclic N) is 1. The summed E-state index contributed by atoms with van der Waals surface area (Å²) >= 11 is 0. The zero-order valence-corrected chi connectivity index (χ0v) is 14.4. The predicted molar refractivity (Wildman–Crippen MR) is 91.2 cm³/mol. The number of carboxylic acids is 2. The monoisotopic (exact) mass is 355 g/mol. The molecule has 1 aromatic rings. The molecular formula is C17H25NO7. The summed E-state index contributed by atoms with van der Waals surface area (Å²) in [5, 5.41) is 47.2. The average Bonchev–Trinajstić information content (AvgIpc) is 2.51. The van der Waals surface area contributed by atoms with Crippen molar-refractivity contribution in [2.45, 2.75) is 39.0 Å². The Bertz CT molecular complexity index is 590. The molecule has 0 saturated carbocycles. The zero-order chi connectivity index (χ0) is 19.6. The molecule has 8 heteroatoms. The van der Waals surface area contributed by atoms with Crippen LogP contribution >= 0.6 is 0 Å². The van der Waals surface area contributed by atoms with Crippen LogP contribution in [0.25, 0.3) is 0 Å². The highest BCUT2D eigenvalue weighted by Gasteiger charge is 2.14. The molecule has 0 amide bonds. The van der Waals surface area contributed by atoms with Crippen LogP contribution in [0, 0.1) is 0 Å². The van der Waals surface area contributed by atoms with E-state index >= 15 is 0 Å². The highest BCUT2D eigenvalue weighted by atomic mass is 16.4. The molecule has 25 heavy (non-hydrogen) atoms. The second kappa shape index (κ2) is 10.4. The van der Waals surface area contributed by atoms with E-state index in [2.05, 4.69) is 5.32 Å². The molecule has 0 radical (unpaired) electrons. The maximum absolute atomic E-state index is 9.97. The van der Waals surface area contributed by atoms with E-state index in [0.717, 1.165) is 0 Å². The van der Waals surface area contributed by atoms with Gasteiger partial charge in [-0.05, 0) is 38.5 Å². The smallest absolute Gasteiger partial charge is 0.328 e. The third-order valence-electron chi connectivity index (χ3n) is 2.85.